The molecular weight excluding hydrogens is 224 g/mol. The van der Waals surface area contributed by atoms with Crippen LogP contribution < -0.4 is 5.73 Å². The zero-order valence-corrected chi connectivity index (χ0v) is 9.74. The summed E-state index contributed by atoms with van der Waals surface area (Å²) >= 11 is 1.87. The molecule has 0 spiro atoms. The van der Waals surface area contributed by atoms with Crippen LogP contribution in [0.15, 0.2) is 0 Å². The second kappa shape index (κ2) is 4.18. The number of rotatable bonds is 2. The molecule has 3 rings (SSSR count). The number of hydrogen-bond donors (Lipinski definition) is 1. The molecule has 1 aliphatic carbocycles. The van der Waals surface area contributed by atoms with Crippen molar-refractivity contribution in [3.05, 3.63) is 11.6 Å². The molecule has 1 atom stereocenters. The van der Waals surface area contributed by atoms with Gasteiger partial charge in [0.15, 0.2) is 5.82 Å². The zero-order chi connectivity index (χ0) is 11.0. The van der Waals surface area contributed by atoms with Crippen LogP contribution in [0.25, 0.3) is 0 Å². The lowest BCUT2D eigenvalue weighted by molar-refractivity contribution is 0.0692. The highest BCUT2D eigenvalue weighted by atomic mass is 32.2. The van der Waals surface area contributed by atoms with Gasteiger partial charge in [-0.15, -0.1) is 0 Å². The average molecular weight is 238 g/mol. The van der Waals surface area contributed by atoms with E-state index in [9.17, 15) is 0 Å². The van der Waals surface area contributed by atoms with Crippen molar-refractivity contribution < 1.29 is 4.74 Å². The molecule has 6 heteroatoms. The van der Waals surface area contributed by atoms with E-state index in [1.165, 1.54) is 12.8 Å². The summed E-state index contributed by atoms with van der Waals surface area (Å²) in [6.07, 6.45) is 2.33. The first-order chi connectivity index (χ1) is 7.83. The molecule has 0 aromatic carbocycles. The van der Waals surface area contributed by atoms with E-state index < -0.39 is 0 Å². The Hall–Kier alpha value is -0.880. The number of aromatic nitrogens is 3. The molecule has 86 valence electrons. The normalized spacial score (nSPS) is 25.6. The molecule has 1 aromatic heterocycles. The van der Waals surface area contributed by atoms with Crippen LogP contribution in [-0.4, -0.2) is 33.1 Å². The standard InChI is InChI=1S/C10H14N4OS/c11-10-13-8(6-1-2-6)12-9(14-10)7-5-16-4-3-15-7/h6-7H,1-5H2,(H2,11,12,13,14). The molecular formula is C10H14N4OS. The zero-order valence-electron chi connectivity index (χ0n) is 8.93. The van der Waals surface area contributed by atoms with Gasteiger partial charge < -0.3 is 10.5 Å². The van der Waals surface area contributed by atoms with Crippen LogP contribution in [0.3, 0.4) is 0 Å². The highest BCUT2D eigenvalue weighted by Gasteiger charge is 2.29. The molecule has 2 N–H and O–H groups in total. The Kier molecular flexibility index (Phi) is 2.69. The van der Waals surface area contributed by atoms with Gasteiger partial charge in [-0.2, -0.15) is 21.7 Å². The average Bonchev–Trinajstić information content (AvgIpc) is 3.13. The highest BCUT2D eigenvalue weighted by Crippen LogP contribution is 2.38. The molecule has 0 radical (unpaired) electrons. The maximum atomic E-state index is 5.71. The number of nitrogen functional groups attached to an aromatic ring is 1. The number of hydrogen-bond acceptors (Lipinski definition) is 6. The summed E-state index contributed by atoms with van der Waals surface area (Å²) in [5.41, 5.74) is 5.71. The van der Waals surface area contributed by atoms with Crippen LogP contribution in [0, 0.1) is 0 Å². The quantitative estimate of drug-likeness (QED) is 0.832. The number of thioether (sulfide) groups is 1. The van der Waals surface area contributed by atoms with Crippen LogP contribution in [0.1, 0.15) is 36.5 Å². The molecule has 2 aliphatic rings. The summed E-state index contributed by atoms with van der Waals surface area (Å²) in [5.74, 6) is 4.34. The van der Waals surface area contributed by atoms with Crippen molar-refractivity contribution in [1.29, 1.82) is 0 Å². The van der Waals surface area contributed by atoms with Gasteiger partial charge in [-0.1, -0.05) is 0 Å². The fourth-order valence-electron chi connectivity index (χ4n) is 1.73. The predicted molar refractivity (Wildman–Crippen MR) is 62.2 cm³/mol. The lowest BCUT2D eigenvalue weighted by Crippen LogP contribution is -2.20. The Labute approximate surface area is 98.2 Å². The third kappa shape index (κ3) is 2.12. The molecule has 0 amide bonds. The van der Waals surface area contributed by atoms with Crippen LogP contribution in [0.5, 0.6) is 0 Å². The fraction of sp³-hybridized carbons (Fsp3) is 0.700. The Morgan fingerprint density at radius 3 is 2.69 bits per heavy atom. The number of ether oxygens (including phenoxy) is 1. The van der Waals surface area contributed by atoms with Crippen molar-refractivity contribution in [2.75, 3.05) is 23.8 Å². The van der Waals surface area contributed by atoms with Crippen LogP contribution in [0.2, 0.25) is 0 Å². The Bertz CT molecular complexity index is 390. The first-order valence-corrected chi connectivity index (χ1v) is 6.69. The molecule has 5 nitrogen and oxygen atoms in total. The van der Waals surface area contributed by atoms with Gasteiger partial charge in [0, 0.05) is 17.4 Å². The Morgan fingerprint density at radius 2 is 2.00 bits per heavy atom. The summed E-state index contributed by atoms with van der Waals surface area (Å²) in [6.45, 7) is 0.764. The smallest absolute Gasteiger partial charge is 0.223 e. The summed E-state index contributed by atoms with van der Waals surface area (Å²) in [7, 11) is 0. The van der Waals surface area contributed by atoms with Crippen molar-refractivity contribution in [2.24, 2.45) is 0 Å². The lowest BCUT2D eigenvalue weighted by atomic mass is 10.3. The first kappa shape index (κ1) is 10.3. The highest BCUT2D eigenvalue weighted by molar-refractivity contribution is 7.99. The lowest BCUT2D eigenvalue weighted by Gasteiger charge is -2.21. The molecule has 16 heavy (non-hydrogen) atoms. The minimum atomic E-state index is -0.0125. The summed E-state index contributed by atoms with van der Waals surface area (Å²) in [4.78, 5) is 12.8. The second-order valence-corrected chi connectivity index (χ2v) is 5.27. The van der Waals surface area contributed by atoms with E-state index in [0.717, 1.165) is 23.9 Å². The largest absolute Gasteiger partial charge is 0.368 e. The summed E-state index contributed by atoms with van der Waals surface area (Å²) in [6, 6.07) is 0. The van der Waals surface area contributed by atoms with Crippen molar-refractivity contribution in [1.82, 2.24) is 15.0 Å². The molecule has 1 unspecified atom stereocenters. The minimum Gasteiger partial charge on any atom is -0.368 e. The van der Waals surface area contributed by atoms with Gasteiger partial charge in [-0.25, -0.2) is 4.98 Å². The number of nitrogens with two attached hydrogens (primary N) is 1. The monoisotopic (exact) mass is 238 g/mol. The van der Waals surface area contributed by atoms with E-state index in [4.69, 9.17) is 10.5 Å². The van der Waals surface area contributed by atoms with E-state index in [2.05, 4.69) is 15.0 Å². The van der Waals surface area contributed by atoms with Crippen molar-refractivity contribution in [2.45, 2.75) is 24.9 Å². The van der Waals surface area contributed by atoms with Gasteiger partial charge in [0.25, 0.3) is 0 Å². The molecule has 1 saturated carbocycles. The number of anilines is 1. The topological polar surface area (TPSA) is 73.9 Å². The third-order valence-electron chi connectivity index (χ3n) is 2.73. The third-order valence-corrected chi connectivity index (χ3v) is 3.73. The molecule has 2 fully saturated rings. The van der Waals surface area contributed by atoms with Gasteiger partial charge in [0.2, 0.25) is 5.95 Å². The van der Waals surface area contributed by atoms with Crippen molar-refractivity contribution >= 4 is 17.7 Å². The second-order valence-electron chi connectivity index (χ2n) is 4.12. The van der Waals surface area contributed by atoms with Gasteiger partial charge in [0.1, 0.15) is 11.9 Å². The first-order valence-electron chi connectivity index (χ1n) is 5.53. The molecule has 1 saturated heterocycles. The van der Waals surface area contributed by atoms with E-state index >= 15 is 0 Å². The van der Waals surface area contributed by atoms with Gasteiger partial charge >= 0.3 is 0 Å². The molecule has 1 aliphatic heterocycles. The van der Waals surface area contributed by atoms with Gasteiger partial charge in [0.05, 0.1) is 6.61 Å². The summed E-state index contributed by atoms with van der Waals surface area (Å²) in [5, 5.41) is 0. The maximum Gasteiger partial charge on any atom is 0.223 e. The number of nitrogens with zero attached hydrogens (tertiary/aromatic N) is 3. The maximum absolute atomic E-state index is 5.71. The van der Waals surface area contributed by atoms with E-state index in [0.29, 0.717) is 17.7 Å². The molecule has 0 bridgehead atoms. The Morgan fingerprint density at radius 1 is 1.19 bits per heavy atom. The van der Waals surface area contributed by atoms with E-state index in [1.54, 1.807) is 0 Å². The van der Waals surface area contributed by atoms with E-state index in [-0.39, 0.29) is 6.10 Å². The Balaban J connectivity index is 1.86. The van der Waals surface area contributed by atoms with Crippen LogP contribution in [-0.2, 0) is 4.74 Å². The SMILES string of the molecule is Nc1nc(C2CC2)nc(C2CSCCO2)n1. The van der Waals surface area contributed by atoms with Gasteiger partial charge in [-0.05, 0) is 12.8 Å². The minimum absolute atomic E-state index is 0.0125. The van der Waals surface area contributed by atoms with Crippen molar-refractivity contribution in [3.63, 3.8) is 0 Å². The predicted octanol–water partition coefficient (Wildman–Crippen LogP) is 1.14. The fourth-order valence-corrected chi connectivity index (χ4v) is 2.57. The van der Waals surface area contributed by atoms with Crippen molar-refractivity contribution in [3.8, 4) is 0 Å². The van der Waals surface area contributed by atoms with E-state index in [1.807, 2.05) is 11.8 Å². The van der Waals surface area contributed by atoms with Gasteiger partial charge in [-0.3, -0.25) is 0 Å². The molecule has 1 aromatic rings. The summed E-state index contributed by atoms with van der Waals surface area (Å²) < 4.78 is 5.64. The van der Waals surface area contributed by atoms with Crippen LogP contribution >= 0.6 is 11.8 Å². The van der Waals surface area contributed by atoms with Crippen LogP contribution in [0.4, 0.5) is 5.95 Å². The molecule has 2 heterocycles.